The van der Waals surface area contributed by atoms with Crippen LogP contribution in [0.5, 0.6) is 0 Å². The molecule has 3 rings (SSSR count). The standard InChI is InChI=1S/C19H20FNO2/c20-17-8-3-7-16(11-17)19(9-4-10-19)18(23)21-12-14-5-1-2-6-15(14)13-22/h1-3,5-8,11,22H,4,9-10,12-13H2,(H,21,23). The summed E-state index contributed by atoms with van der Waals surface area (Å²) in [5.41, 5.74) is 1.84. The number of benzene rings is 2. The molecular weight excluding hydrogens is 293 g/mol. The molecule has 0 saturated heterocycles. The van der Waals surface area contributed by atoms with E-state index in [4.69, 9.17) is 0 Å². The maximum Gasteiger partial charge on any atom is 0.230 e. The van der Waals surface area contributed by atoms with E-state index in [1.165, 1.54) is 12.1 Å². The van der Waals surface area contributed by atoms with Crippen molar-refractivity contribution in [3.63, 3.8) is 0 Å². The van der Waals surface area contributed by atoms with Gasteiger partial charge in [-0.15, -0.1) is 0 Å². The average Bonchev–Trinajstić information content (AvgIpc) is 2.52. The van der Waals surface area contributed by atoms with Crippen LogP contribution in [0.2, 0.25) is 0 Å². The van der Waals surface area contributed by atoms with Gasteiger partial charge in [0.15, 0.2) is 0 Å². The lowest BCUT2D eigenvalue weighted by Gasteiger charge is -2.40. The van der Waals surface area contributed by atoms with Crippen LogP contribution in [0.15, 0.2) is 48.5 Å². The van der Waals surface area contributed by atoms with Crippen LogP contribution in [0.25, 0.3) is 0 Å². The van der Waals surface area contributed by atoms with E-state index in [2.05, 4.69) is 5.32 Å². The van der Waals surface area contributed by atoms with Crippen LogP contribution >= 0.6 is 0 Å². The van der Waals surface area contributed by atoms with Crippen molar-refractivity contribution < 1.29 is 14.3 Å². The van der Waals surface area contributed by atoms with Gasteiger partial charge in [-0.25, -0.2) is 4.39 Å². The van der Waals surface area contributed by atoms with Crippen molar-refractivity contribution in [2.24, 2.45) is 0 Å². The first kappa shape index (κ1) is 15.7. The first-order valence-electron chi connectivity index (χ1n) is 7.88. The topological polar surface area (TPSA) is 49.3 Å². The van der Waals surface area contributed by atoms with Crippen molar-refractivity contribution >= 4 is 5.91 Å². The molecule has 1 aliphatic carbocycles. The SMILES string of the molecule is O=C(NCc1ccccc1CO)C1(c2cccc(F)c2)CCC1. The Morgan fingerprint density at radius 2 is 1.87 bits per heavy atom. The lowest BCUT2D eigenvalue weighted by atomic mass is 9.63. The zero-order valence-electron chi connectivity index (χ0n) is 12.9. The fourth-order valence-electron chi connectivity index (χ4n) is 3.19. The van der Waals surface area contributed by atoms with Crippen LogP contribution in [0, 0.1) is 5.82 Å². The van der Waals surface area contributed by atoms with Crippen molar-refractivity contribution in [2.75, 3.05) is 0 Å². The highest BCUT2D eigenvalue weighted by atomic mass is 19.1. The molecule has 0 atom stereocenters. The number of aliphatic hydroxyl groups excluding tert-OH is 1. The van der Waals surface area contributed by atoms with Gasteiger partial charge in [0.05, 0.1) is 12.0 Å². The zero-order chi connectivity index (χ0) is 16.3. The lowest BCUT2D eigenvalue weighted by Crippen LogP contribution is -2.49. The number of nitrogens with one attached hydrogen (secondary N) is 1. The average molecular weight is 313 g/mol. The summed E-state index contributed by atoms with van der Waals surface area (Å²) in [4.78, 5) is 12.7. The molecule has 23 heavy (non-hydrogen) atoms. The molecule has 0 aromatic heterocycles. The van der Waals surface area contributed by atoms with Gasteiger partial charge in [0.25, 0.3) is 0 Å². The normalized spacial score (nSPS) is 15.7. The molecule has 120 valence electrons. The molecule has 0 radical (unpaired) electrons. The largest absolute Gasteiger partial charge is 0.392 e. The van der Waals surface area contributed by atoms with Crippen LogP contribution in [0.4, 0.5) is 4.39 Å². The molecule has 1 aliphatic rings. The van der Waals surface area contributed by atoms with Gasteiger partial charge in [-0.2, -0.15) is 0 Å². The predicted octanol–water partition coefficient (Wildman–Crippen LogP) is 3.06. The van der Waals surface area contributed by atoms with Gasteiger partial charge in [0.2, 0.25) is 5.91 Å². The smallest absolute Gasteiger partial charge is 0.230 e. The highest BCUT2D eigenvalue weighted by Gasteiger charge is 2.45. The van der Waals surface area contributed by atoms with Gasteiger partial charge >= 0.3 is 0 Å². The molecule has 1 saturated carbocycles. The number of rotatable bonds is 5. The number of hydrogen-bond donors (Lipinski definition) is 2. The molecule has 2 aromatic rings. The summed E-state index contributed by atoms with van der Waals surface area (Å²) in [7, 11) is 0. The number of carbonyl (C=O) groups is 1. The summed E-state index contributed by atoms with van der Waals surface area (Å²) in [6.45, 7) is 0.313. The van der Waals surface area contributed by atoms with E-state index in [1.54, 1.807) is 6.07 Å². The van der Waals surface area contributed by atoms with Crippen molar-refractivity contribution in [3.8, 4) is 0 Å². The molecule has 4 heteroatoms. The molecule has 0 bridgehead atoms. The van der Waals surface area contributed by atoms with Gasteiger partial charge in [0, 0.05) is 6.54 Å². The summed E-state index contributed by atoms with van der Waals surface area (Å²) in [5.74, 6) is -0.380. The van der Waals surface area contributed by atoms with Crippen LogP contribution < -0.4 is 5.32 Å². The first-order valence-corrected chi connectivity index (χ1v) is 7.88. The van der Waals surface area contributed by atoms with E-state index >= 15 is 0 Å². The monoisotopic (exact) mass is 313 g/mol. The van der Waals surface area contributed by atoms with E-state index in [0.29, 0.717) is 6.54 Å². The quantitative estimate of drug-likeness (QED) is 0.891. The number of hydrogen-bond acceptors (Lipinski definition) is 2. The first-order chi connectivity index (χ1) is 11.2. The third-order valence-corrected chi connectivity index (χ3v) is 4.75. The minimum absolute atomic E-state index is 0.0545. The van der Waals surface area contributed by atoms with Crippen LogP contribution in [-0.4, -0.2) is 11.0 Å². The Labute approximate surface area is 135 Å². The van der Waals surface area contributed by atoms with Crippen molar-refractivity contribution in [2.45, 2.75) is 37.8 Å². The van der Waals surface area contributed by atoms with Crippen LogP contribution in [0.1, 0.15) is 36.0 Å². The van der Waals surface area contributed by atoms with Crippen molar-refractivity contribution in [1.82, 2.24) is 5.32 Å². The maximum atomic E-state index is 13.5. The third-order valence-electron chi connectivity index (χ3n) is 4.75. The fraction of sp³-hybridized carbons (Fsp3) is 0.316. The summed E-state index contributed by atoms with van der Waals surface area (Å²) < 4.78 is 13.5. The molecule has 3 nitrogen and oxygen atoms in total. The lowest BCUT2D eigenvalue weighted by molar-refractivity contribution is -0.130. The minimum Gasteiger partial charge on any atom is -0.392 e. The molecule has 2 aromatic carbocycles. The molecule has 0 spiro atoms. The Balaban J connectivity index is 1.76. The van der Waals surface area contributed by atoms with E-state index in [-0.39, 0.29) is 18.3 Å². The van der Waals surface area contributed by atoms with Gasteiger partial charge in [-0.1, -0.05) is 42.8 Å². The molecule has 1 fully saturated rings. The van der Waals surface area contributed by atoms with Crippen molar-refractivity contribution in [1.29, 1.82) is 0 Å². The third kappa shape index (κ3) is 2.99. The Bertz CT molecular complexity index is 710. The Morgan fingerprint density at radius 3 is 2.48 bits per heavy atom. The summed E-state index contributed by atoms with van der Waals surface area (Å²) in [6.07, 6.45) is 2.45. The van der Waals surface area contributed by atoms with E-state index in [1.807, 2.05) is 30.3 Å². The molecule has 1 amide bonds. The number of aliphatic hydroxyl groups is 1. The van der Waals surface area contributed by atoms with Gasteiger partial charge in [-0.3, -0.25) is 4.79 Å². The highest BCUT2D eigenvalue weighted by Crippen LogP contribution is 2.44. The second-order valence-corrected chi connectivity index (χ2v) is 6.06. The molecule has 0 aliphatic heterocycles. The van der Waals surface area contributed by atoms with E-state index in [0.717, 1.165) is 36.0 Å². The Kier molecular flexibility index (Phi) is 4.44. The highest BCUT2D eigenvalue weighted by molar-refractivity contribution is 5.89. The second-order valence-electron chi connectivity index (χ2n) is 6.06. The summed E-state index contributed by atoms with van der Waals surface area (Å²) >= 11 is 0. The molecule has 2 N–H and O–H groups in total. The maximum absolute atomic E-state index is 13.5. The van der Waals surface area contributed by atoms with Gasteiger partial charge < -0.3 is 10.4 Å². The van der Waals surface area contributed by atoms with E-state index in [9.17, 15) is 14.3 Å². The number of halogens is 1. The Hall–Kier alpha value is -2.20. The predicted molar refractivity (Wildman–Crippen MR) is 86.1 cm³/mol. The number of carbonyl (C=O) groups excluding carboxylic acids is 1. The van der Waals surface area contributed by atoms with Crippen LogP contribution in [-0.2, 0) is 23.4 Å². The fourth-order valence-corrected chi connectivity index (χ4v) is 3.19. The summed E-state index contributed by atoms with van der Waals surface area (Å²) in [5, 5.41) is 12.3. The second kappa shape index (κ2) is 6.50. The van der Waals surface area contributed by atoms with Crippen LogP contribution in [0.3, 0.4) is 0 Å². The van der Waals surface area contributed by atoms with Crippen molar-refractivity contribution in [3.05, 3.63) is 71.0 Å². The number of amides is 1. The summed E-state index contributed by atoms with van der Waals surface area (Å²) in [6, 6.07) is 13.8. The Morgan fingerprint density at radius 1 is 1.13 bits per heavy atom. The zero-order valence-corrected chi connectivity index (χ0v) is 12.9. The molecular formula is C19H20FNO2. The van der Waals surface area contributed by atoms with Gasteiger partial charge in [0.1, 0.15) is 5.82 Å². The van der Waals surface area contributed by atoms with E-state index < -0.39 is 5.41 Å². The van der Waals surface area contributed by atoms with Gasteiger partial charge in [-0.05, 0) is 41.7 Å². The molecule has 0 heterocycles. The molecule has 0 unspecified atom stereocenters. The minimum atomic E-state index is -0.615.